The fourth-order valence-corrected chi connectivity index (χ4v) is 2.93. The van der Waals surface area contributed by atoms with E-state index in [0.717, 1.165) is 42.5 Å². The molecule has 0 amide bonds. The van der Waals surface area contributed by atoms with E-state index in [1.54, 1.807) is 13.4 Å². The molecular weight excluding hydrogens is 443 g/mol. The monoisotopic (exact) mass is 470 g/mol. The number of halogens is 1. The van der Waals surface area contributed by atoms with Crippen LogP contribution < -0.4 is 15.4 Å². The first-order chi connectivity index (χ1) is 12.2. The van der Waals surface area contributed by atoms with Crippen LogP contribution in [0.25, 0.3) is 0 Å². The van der Waals surface area contributed by atoms with Gasteiger partial charge in [-0.15, -0.1) is 24.0 Å². The van der Waals surface area contributed by atoms with Gasteiger partial charge in [-0.2, -0.15) is 5.10 Å². The second-order valence-corrected chi connectivity index (χ2v) is 6.39. The zero-order valence-electron chi connectivity index (χ0n) is 15.5. The molecule has 0 aliphatic carbocycles. The quantitative estimate of drug-likeness (QED) is 0.398. The number of nitrogens with zero attached hydrogens (tertiary/aromatic N) is 4. The number of hydrogen-bond acceptors (Lipinski definition) is 4. The lowest BCUT2D eigenvalue weighted by Gasteiger charge is -2.26. The SMILES string of the molecule is CN=C(NCC(C)Oc1ccccc1C)NC1CCc2ncnn2C1.I. The summed E-state index contributed by atoms with van der Waals surface area (Å²) in [5.41, 5.74) is 1.14. The number of fused-ring (bicyclic) bond motifs is 1. The number of guanidine groups is 1. The van der Waals surface area contributed by atoms with E-state index >= 15 is 0 Å². The Hall–Kier alpha value is -1.84. The van der Waals surface area contributed by atoms with Gasteiger partial charge in [0.05, 0.1) is 13.1 Å². The molecule has 2 heterocycles. The van der Waals surface area contributed by atoms with Gasteiger partial charge in [0.1, 0.15) is 24.0 Å². The van der Waals surface area contributed by atoms with Gasteiger partial charge in [-0.25, -0.2) is 9.67 Å². The molecular formula is C18H27IN6O. The number of aryl methyl sites for hydroxylation is 2. The fraction of sp³-hybridized carbons (Fsp3) is 0.500. The summed E-state index contributed by atoms with van der Waals surface area (Å²) < 4.78 is 7.96. The van der Waals surface area contributed by atoms with Gasteiger partial charge in [0.15, 0.2) is 5.96 Å². The van der Waals surface area contributed by atoms with Gasteiger partial charge in [0.2, 0.25) is 0 Å². The van der Waals surface area contributed by atoms with Crippen LogP contribution in [-0.2, 0) is 13.0 Å². The maximum atomic E-state index is 6.00. The van der Waals surface area contributed by atoms with Crippen molar-refractivity contribution in [3.05, 3.63) is 42.0 Å². The molecule has 7 nitrogen and oxygen atoms in total. The number of hydrogen-bond donors (Lipinski definition) is 2. The van der Waals surface area contributed by atoms with E-state index < -0.39 is 0 Å². The van der Waals surface area contributed by atoms with Gasteiger partial charge < -0.3 is 15.4 Å². The minimum absolute atomic E-state index is 0. The minimum Gasteiger partial charge on any atom is -0.489 e. The number of aliphatic imine (C=N–C) groups is 1. The van der Waals surface area contributed by atoms with E-state index in [-0.39, 0.29) is 30.1 Å². The molecule has 0 radical (unpaired) electrons. The summed E-state index contributed by atoms with van der Waals surface area (Å²) in [6.45, 7) is 5.59. The van der Waals surface area contributed by atoms with E-state index in [0.29, 0.717) is 12.6 Å². The number of ether oxygens (including phenoxy) is 1. The van der Waals surface area contributed by atoms with Crippen molar-refractivity contribution >= 4 is 29.9 Å². The summed E-state index contributed by atoms with van der Waals surface area (Å²) >= 11 is 0. The molecule has 0 saturated carbocycles. The first kappa shape index (κ1) is 20.5. The molecule has 142 valence electrons. The van der Waals surface area contributed by atoms with E-state index in [1.165, 1.54) is 0 Å². The third-order valence-corrected chi connectivity index (χ3v) is 4.35. The Morgan fingerprint density at radius 1 is 1.42 bits per heavy atom. The van der Waals surface area contributed by atoms with Crippen molar-refractivity contribution in [2.45, 2.75) is 45.4 Å². The number of para-hydroxylation sites is 1. The van der Waals surface area contributed by atoms with Crippen LogP contribution in [0.15, 0.2) is 35.6 Å². The Morgan fingerprint density at radius 2 is 2.23 bits per heavy atom. The van der Waals surface area contributed by atoms with Crippen molar-refractivity contribution in [2.75, 3.05) is 13.6 Å². The van der Waals surface area contributed by atoms with Crippen molar-refractivity contribution in [3.8, 4) is 5.75 Å². The summed E-state index contributed by atoms with van der Waals surface area (Å²) in [7, 11) is 1.78. The van der Waals surface area contributed by atoms with Crippen molar-refractivity contribution in [1.29, 1.82) is 0 Å². The molecule has 0 spiro atoms. The van der Waals surface area contributed by atoms with Crippen LogP contribution in [-0.4, -0.2) is 46.5 Å². The second-order valence-electron chi connectivity index (χ2n) is 6.39. The number of benzene rings is 1. The molecule has 26 heavy (non-hydrogen) atoms. The van der Waals surface area contributed by atoms with Crippen LogP contribution in [0.5, 0.6) is 5.75 Å². The van der Waals surface area contributed by atoms with E-state index in [2.05, 4.69) is 45.6 Å². The molecule has 1 aliphatic rings. The fourth-order valence-electron chi connectivity index (χ4n) is 2.93. The zero-order valence-corrected chi connectivity index (χ0v) is 17.8. The van der Waals surface area contributed by atoms with Crippen LogP contribution in [0.1, 0.15) is 24.7 Å². The van der Waals surface area contributed by atoms with Gasteiger partial charge in [0, 0.05) is 19.5 Å². The Bertz CT molecular complexity index is 732. The van der Waals surface area contributed by atoms with Gasteiger partial charge in [-0.1, -0.05) is 18.2 Å². The Kier molecular flexibility index (Phi) is 7.67. The summed E-state index contributed by atoms with van der Waals surface area (Å²) in [5, 5.41) is 11.1. The van der Waals surface area contributed by atoms with Gasteiger partial charge >= 0.3 is 0 Å². The highest BCUT2D eigenvalue weighted by molar-refractivity contribution is 14.0. The molecule has 1 aromatic carbocycles. The zero-order chi connectivity index (χ0) is 17.6. The van der Waals surface area contributed by atoms with Crippen molar-refractivity contribution < 1.29 is 4.74 Å². The lowest BCUT2D eigenvalue weighted by Crippen LogP contribution is -2.48. The molecule has 1 aromatic heterocycles. The van der Waals surface area contributed by atoms with Gasteiger partial charge in [0.25, 0.3) is 0 Å². The molecule has 2 atom stereocenters. The summed E-state index contributed by atoms with van der Waals surface area (Å²) in [6.07, 6.45) is 3.61. The van der Waals surface area contributed by atoms with Crippen molar-refractivity contribution in [3.63, 3.8) is 0 Å². The predicted molar refractivity (Wildman–Crippen MR) is 113 cm³/mol. The highest BCUT2D eigenvalue weighted by Crippen LogP contribution is 2.17. The largest absolute Gasteiger partial charge is 0.489 e. The molecule has 0 bridgehead atoms. The molecule has 2 aromatic rings. The summed E-state index contributed by atoms with van der Waals surface area (Å²) in [4.78, 5) is 8.57. The average molecular weight is 470 g/mol. The Labute approximate surface area is 171 Å². The van der Waals surface area contributed by atoms with Crippen LogP contribution in [0.2, 0.25) is 0 Å². The third kappa shape index (κ3) is 5.33. The topological polar surface area (TPSA) is 76.4 Å². The standard InChI is InChI=1S/C18H26N6O.HI/c1-13-6-4-5-7-16(13)25-14(2)10-20-18(19-3)23-15-8-9-17-21-12-22-24(17)11-15;/h4-7,12,14-15H,8-11H2,1-3H3,(H2,19,20,23);1H. The normalized spacial score (nSPS) is 17.7. The molecule has 2 N–H and O–H groups in total. The maximum absolute atomic E-state index is 6.00. The summed E-state index contributed by atoms with van der Waals surface area (Å²) in [5.74, 6) is 2.76. The average Bonchev–Trinajstić information content (AvgIpc) is 3.08. The van der Waals surface area contributed by atoms with E-state index in [4.69, 9.17) is 4.74 Å². The molecule has 3 rings (SSSR count). The van der Waals surface area contributed by atoms with Crippen molar-refractivity contribution in [1.82, 2.24) is 25.4 Å². The molecule has 8 heteroatoms. The molecule has 0 fully saturated rings. The van der Waals surface area contributed by atoms with Crippen LogP contribution in [0.4, 0.5) is 0 Å². The first-order valence-corrected chi connectivity index (χ1v) is 8.72. The minimum atomic E-state index is 0. The maximum Gasteiger partial charge on any atom is 0.191 e. The van der Waals surface area contributed by atoms with Gasteiger partial charge in [-0.3, -0.25) is 4.99 Å². The Balaban J connectivity index is 0.00000243. The van der Waals surface area contributed by atoms with Crippen molar-refractivity contribution in [2.24, 2.45) is 4.99 Å². The number of aromatic nitrogens is 3. The summed E-state index contributed by atoms with van der Waals surface area (Å²) in [6, 6.07) is 8.35. The number of nitrogens with one attached hydrogen (secondary N) is 2. The third-order valence-electron chi connectivity index (χ3n) is 4.35. The van der Waals surface area contributed by atoms with E-state index in [1.807, 2.05) is 22.9 Å². The lowest BCUT2D eigenvalue weighted by molar-refractivity contribution is 0.222. The highest BCUT2D eigenvalue weighted by Gasteiger charge is 2.20. The number of rotatable bonds is 5. The predicted octanol–water partition coefficient (Wildman–Crippen LogP) is 2.15. The second kappa shape index (κ2) is 9.75. The Morgan fingerprint density at radius 3 is 3.00 bits per heavy atom. The van der Waals surface area contributed by atoms with Crippen LogP contribution >= 0.6 is 24.0 Å². The smallest absolute Gasteiger partial charge is 0.191 e. The molecule has 2 unspecified atom stereocenters. The van der Waals surface area contributed by atoms with Gasteiger partial charge in [-0.05, 0) is 31.9 Å². The highest BCUT2D eigenvalue weighted by atomic mass is 127. The first-order valence-electron chi connectivity index (χ1n) is 8.72. The molecule has 1 aliphatic heterocycles. The lowest BCUT2D eigenvalue weighted by atomic mass is 10.1. The molecule has 0 saturated heterocycles. The van der Waals surface area contributed by atoms with E-state index in [9.17, 15) is 0 Å². The van der Waals surface area contributed by atoms with Crippen LogP contribution in [0.3, 0.4) is 0 Å². The van der Waals surface area contributed by atoms with Crippen LogP contribution in [0, 0.1) is 6.92 Å².